The van der Waals surface area contributed by atoms with Crippen molar-refractivity contribution in [3.8, 4) is 0 Å². The average molecular weight is 253 g/mol. The molecule has 0 radical (unpaired) electrons. The summed E-state index contributed by atoms with van der Waals surface area (Å²) in [6.07, 6.45) is 4.91. The van der Waals surface area contributed by atoms with Crippen LogP contribution < -0.4 is 5.32 Å². The van der Waals surface area contributed by atoms with Gasteiger partial charge in [-0.2, -0.15) is 0 Å². The molecule has 4 heteroatoms. The largest absolute Gasteiger partial charge is 0.341 e. The highest BCUT2D eigenvalue weighted by Crippen LogP contribution is 2.16. The van der Waals surface area contributed by atoms with Crippen LogP contribution in [0.3, 0.4) is 0 Å². The maximum Gasteiger partial charge on any atom is 0.239 e. The molecule has 2 atom stereocenters. The molecule has 0 aromatic rings. The van der Waals surface area contributed by atoms with E-state index >= 15 is 0 Å². The van der Waals surface area contributed by atoms with E-state index in [1.165, 1.54) is 32.2 Å². The van der Waals surface area contributed by atoms with Crippen molar-refractivity contribution in [3.05, 3.63) is 0 Å². The smallest absolute Gasteiger partial charge is 0.239 e. The summed E-state index contributed by atoms with van der Waals surface area (Å²) in [5.41, 5.74) is 0. The summed E-state index contributed by atoms with van der Waals surface area (Å²) in [7, 11) is 0. The number of hydrogen-bond acceptors (Lipinski definition) is 3. The van der Waals surface area contributed by atoms with Gasteiger partial charge in [-0.3, -0.25) is 9.69 Å². The molecule has 0 saturated carbocycles. The first-order chi connectivity index (χ1) is 8.72. The van der Waals surface area contributed by atoms with Crippen LogP contribution in [0.2, 0.25) is 0 Å². The molecule has 0 aliphatic carbocycles. The van der Waals surface area contributed by atoms with Crippen molar-refractivity contribution in [2.45, 2.75) is 51.6 Å². The molecule has 0 bridgehead atoms. The Kier molecular flexibility index (Phi) is 5.01. The molecule has 0 aromatic heterocycles. The van der Waals surface area contributed by atoms with Crippen LogP contribution in [0, 0.1) is 0 Å². The Morgan fingerprint density at radius 2 is 2.00 bits per heavy atom. The van der Waals surface area contributed by atoms with Crippen molar-refractivity contribution in [2.24, 2.45) is 0 Å². The van der Waals surface area contributed by atoms with Gasteiger partial charge >= 0.3 is 0 Å². The predicted molar refractivity (Wildman–Crippen MR) is 73.5 cm³/mol. The Balaban J connectivity index is 1.73. The summed E-state index contributed by atoms with van der Waals surface area (Å²) in [5.74, 6) is 0.286. The van der Waals surface area contributed by atoms with E-state index in [0.717, 1.165) is 26.2 Å². The second-order valence-corrected chi connectivity index (χ2v) is 5.59. The molecular weight excluding hydrogens is 226 g/mol. The number of nitrogens with one attached hydrogen (secondary N) is 1. The average Bonchev–Trinajstić information content (AvgIpc) is 3.05. The SMILES string of the molecule is CCN1CCCC1CNC(C)C(=O)N1CCCC1. The van der Waals surface area contributed by atoms with E-state index in [9.17, 15) is 4.79 Å². The third-order valence-electron chi connectivity index (χ3n) is 4.35. The Bertz CT molecular complexity index is 276. The van der Waals surface area contributed by atoms with Gasteiger partial charge in [-0.05, 0) is 45.7 Å². The zero-order valence-electron chi connectivity index (χ0n) is 11.8. The van der Waals surface area contributed by atoms with E-state index in [1.54, 1.807) is 0 Å². The van der Waals surface area contributed by atoms with Crippen molar-refractivity contribution in [1.29, 1.82) is 0 Å². The molecule has 1 N–H and O–H groups in total. The number of carbonyl (C=O) groups excluding carboxylic acids is 1. The highest BCUT2D eigenvalue weighted by Gasteiger charge is 2.26. The van der Waals surface area contributed by atoms with Crippen LogP contribution >= 0.6 is 0 Å². The van der Waals surface area contributed by atoms with E-state index in [4.69, 9.17) is 0 Å². The number of amides is 1. The maximum atomic E-state index is 12.2. The normalized spacial score (nSPS) is 26.8. The van der Waals surface area contributed by atoms with Crippen LogP contribution in [0.15, 0.2) is 0 Å². The molecule has 2 saturated heterocycles. The zero-order valence-corrected chi connectivity index (χ0v) is 11.8. The highest BCUT2D eigenvalue weighted by atomic mass is 16.2. The number of carbonyl (C=O) groups is 1. The molecule has 0 aromatic carbocycles. The van der Waals surface area contributed by atoms with Gasteiger partial charge in [0, 0.05) is 25.7 Å². The van der Waals surface area contributed by atoms with E-state index in [-0.39, 0.29) is 11.9 Å². The van der Waals surface area contributed by atoms with E-state index in [0.29, 0.717) is 6.04 Å². The van der Waals surface area contributed by atoms with Crippen LogP contribution in [0.5, 0.6) is 0 Å². The topological polar surface area (TPSA) is 35.6 Å². The van der Waals surface area contributed by atoms with Crippen LogP contribution in [-0.2, 0) is 4.79 Å². The van der Waals surface area contributed by atoms with Gasteiger partial charge in [-0.1, -0.05) is 6.92 Å². The molecule has 2 aliphatic heterocycles. The molecule has 2 rings (SSSR count). The Hall–Kier alpha value is -0.610. The van der Waals surface area contributed by atoms with E-state index < -0.39 is 0 Å². The van der Waals surface area contributed by atoms with Gasteiger partial charge in [-0.15, -0.1) is 0 Å². The summed E-state index contributed by atoms with van der Waals surface area (Å²) >= 11 is 0. The third kappa shape index (κ3) is 3.23. The maximum absolute atomic E-state index is 12.2. The minimum absolute atomic E-state index is 0.0255. The summed E-state index contributed by atoms with van der Waals surface area (Å²) < 4.78 is 0. The van der Waals surface area contributed by atoms with Crippen LogP contribution in [0.1, 0.15) is 39.5 Å². The lowest BCUT2D eigenvalue weighted by Crippen LogP contribution is -2.47. The van der Waals surface area contributed by atoms with Gasteiger partial charge < -0.3 is 10.2 Å². The monoisotopic (exact) mass is 253 g/mol. The third-order valence-corrected chi connectivity index (χ3v) is 4.35. The Morgan fingerprint density at radius 1 is 1.28 bits per heavy atom. The minimum atomic E-state index is -0.0255. The van der Waals surface area contributed by atoms with Crippen molar-refractivity contribution >= 4 is 5.91 Å². The first-order valence-electron chi connectivity index (χ1n) is 7.48. The first kappa shape index (κ1) is 13.8. The molecule has 104 valence electrons. The van der Waals surface area contributed by atoms with Crippen LogP contribution in [-0.4, -0.2) is 60.5 Å². The molecule has 2 aliphatic rings. The molecule has 1 amide bonds. The van der Waals surface area contributed by atoms with Gasteiger partial charge in [0.15, 0.2) is 0 Å². The molecule has 2 unspecified atom stereocenters. The Labute approximate surface area is 111 Å². The lowest BCUT2D eigenvalue weighted by molar-refractivity contribution is -0.132. The lowest BCUT2D eigenvalue weighted by atomic mass is 10.2. The van der Waals surface area contributed by atoms with E-state index in [1.807, 2.05) is 11.8 Å². The highest BCUT2D eigenvalue weighted by molar-refractivity contribution is 5.81. The lowest BCUT2D eigenvalue weighted by Gasteiger charge is -2.26. The van der Waals surface area contributed by atoms with Gasteiger partial charge in [0.1, 0.15) is 0 Å². The number of rotatable bonds is 5. The second-order valence-electron chi connectivity index (χ2n) is 5.59. The van der Waals surface area contributed by atoms with Crippen LogP contribution in [0.25, 0.3) is 0 Å². The standard InChI is InChI=1S/C14H27N3O/c1-3-16-10-6-7-13(16)11-15-12(2)14(18)17-8-4-5-9-17/h12-13,15H,3-11H2,1-2H3. The molecule has 4 nitrogen and oxygen atoms in total. The second kappa shape index (κ2) is 6.53. The summed E-state index contributed by atoms with van der Waals surface area (Å²) in [5, 5.41) is 3.43. The fraction of sp³-hybridized carbons (Fsp3) is 0.929. The number of hydrogen-bond donors (Lipinski definition) is 1. The Morgan fingerprint density at radius 3 is 2.67 bits per heavy atom. The van der Waals surface area contributed by atoms with Gasteiger partial charge in [0.2, 0.25) is 5.91 Å². The zero-order chi connectivity index (χ0) is 13.0. The van der Waals surface area contributed by atoms with Crippen molar-refractivity contribution < 1.29 is 4.79 Å². The van der Waals surface area contributed by atoms with Gasteiger partial charge in [-0.25, -0.2) is 0 Å². The van der Waals surface area contributed by atoms with Crippen molar-refractivity contribution in [3.63, 3.8) is 0 Å². The quantitative estimate of drug-likeness (QED) is 0.796. The van der Waals surface area contributed by atoms with Crippen molar-refractivity contribution in [1.82, 2.24) is 15.1 Å². The molecule has 18 heavy (non-hydrogen) atoms. The summed E-state index contributed by atoms with van der Waals surface area (Å²) in [6, 6.07) is 0.603. The number of likely N-dealkylation sites (tertiary alicyclic amines) is 2. The number of nitrogens with zero attached hydrogens (tertiary/aromatic N) is 2. The minimum Gasteiger partial charge on any atom is -0.341 e. The summed E-state index contributed by atoms with van der Waals surface area (Å²) in [4.78, 5) is 16.7. The molecule has 2 fully saturated rings. The van der Waals surface area contributed by atoms with Gasteiger partial charge in [0.25, 0.3) is 0 Å². The molecule has 2 heterocycles. The summed E-state index contributed by atoms with van der Waals surface area (Å²) in [6.45, 7) is 9.43. The van der Waals surface area contributed by atoms with Gasteiger partial charge in [0.05, 0.1) is 6.04 Å². The molecule has 0 spiro atoms. The predicted octanol–water partition coefficient (Wildman–Crippen LogP) is 1.07. The van der Waals surface area contributed by atoms with Crippen LogP contribution in [0.4, 0.5) is 0 Å². The van der Waals surface area contributed by atoms with E-state index in [2.05, 4.69) is 17.1 Å². The fourth-order valence-electron chi connectivity index (χ4n) is 3.15. The fourth-order valence-corrected chi connectivity index (χ4v) is 3.15. The molecular formula is C14H27N3O. The number of likely N-dealkylation sites (N-methyl/N-ethyl adjacent to an activating group) is 1. The van der Waals surface area contributed by atoms with Crippen molar-refractivity contribution in [2.75, 3.05) is 32.7 Å². The first-order valence-corrected chi connectivity index (χ1v) is 7.48.